The van der Waals surface area contributed by atoms with Gasteiger partial charge in [0.05, 0.1) is 12.0 Å². The van der Waals surface area contributed by atoms with Crippen molar-refractivity contribution in [3.8, 4) is 5.75 Å². The molecule has 49 valence electrons. The third kappa shape index (κ3) is 2.06. The molecular formula is C7H9OS. The van der Waals surface area contributed by atoms with E-state index in [2.05, 4.69) is 12.3 Å². The molecule has 0 aliphatic rings. The quantitative estimate of drug-likeness (QED) is 0.627. The third-order valence-electron chi connectivity index (χ3n) is 0.909. The number of rotatable bonds is 3. The summed E-state index contributed by atoms with van der Waals surface area (Å²) in [5.74, 6) is 0.877. The van der Waals surface area contributed by atoms with E-state index in [0.717, 1.165) is 18.8 Å². The molecule has 0 N–H and O–H groups in total. The summed E-state index contributed by atoms with van der Waals surface area (Å²) in [5, 5.41) is 4.95. The Hall–Kier alpha value is -0.500. The first-order valence-corrected chi connectivity index (χ1v) is 3.89. The lowest BCUT2D eigenvalue weighted by atomic mass is 10.5. The molecule has 2 heteroatoms. The maximum Gasteiger partial charge on any atom is 0.138 e. The highest BCUT2D eigenvalue weighted by Crippen LogP contribution is 2.13. The average molecular weight is 141 g/mol. The molecule has 0 atom stereocenters. The molecule has 0 saturated heterocycles. The van der Waals surface area contributed by atoms with E-state index in [4.69, 9.17) is 4.74 Å². The van der Waals surface area contributed by atoms with Crippen LogP contribution < -0.4 is 4.74 Å². The van der Waals surface area contributed by atoms with E-state index in [1.807, 2.05) is 11.4 Å². The van der Waals surface area contributed by atoms with E-state index < -0.39 is 0 Å². The zero-order valence-electron chi connectivity index (χ0n) is 5.39. The minimum atomic E-state index is 0.799. The van der Waals surface area contributed by atoms with Gasteiger partial charge in [0.2, 0.25) is 0 Å². The van der Waals surface area contributed by atoms with Gasteiger partial charge in [-0.15, -0.1) is 11.3 Å². The van der Waals surface area contributed by atoms with Gasteiger partial charge in [0.15, 0.2) is 0 Å². The Labute approximate surface area is 59.3 Å². The van der Waals surface area contributed by atoms with Gasteiger partial charge < -0.3 is 4.74 Å². The molecule has 1 nitrogen and oxygen atoms in total. The number of hydrogen-bond donors (Lipinski definition) is 0. The topological polar surface area (TPSA) is 9.23 Å². The average Bonchev–Trinajstić information content (AvgIpc) is 2.34. The minimum Gasteiger partial charge on any atom is -0.492 e. The van der Waals surface area contributed by atoms with Gasteiger partial charge in [-0.1, -0.05) is 6.92 Å². The maximum absolute atomic E-state index is 5.25. The van der Waals surface area contributed by atoms with Crippen molar-refractivity contribution >= 4 is 11.3 Å². The zero-order valence-corrected chi connectivity index (χ0v) is 6.20. The molecular weight excluding hydrogens is 132 g/mol. The van der Waals surface area contributed by atoms with Gasteiger partial charge in [0.25, 0.3) is 0 Å². The fraction of sp³-hybridized carbons (Fsp3) is 0.429. The first-order chi connectivity index (χ1) is 4.43. The molecule has 9 heavy (non-hydrogen) atoms. The van der Waals surface area contributed by atoms with Gasteiger partial charge in [0.1, 0.15) is 5.75 Å². The first kappa shape index (κ1) is 6.62. The molecule has 0 spiro atoms. The third-order valence-corrected chi connectivity index (χ3v) is 1.50. The molecule has 0 saturated carbocycles. The second kappa shape index (κ2) is 3.51. The van der Waals surface area contributed by atoms with E-state index >= 15 is 0 Å². The van der Waals surface area contributed by atoms with Crippen LogP contribution in [0.3, 0.4) is 0 Å². The van der Waals surface area contributed by atoms with Gasteiger partial charge in [-0.25, -0.2) is 0 Å². The van der Waals surface area contributed by atoms with E-state index in [9.17, 15) is 0 Å². The van der Waals surface area contributed by atoms with E-state index in [1.54, 1.807) is 11.3 Å². The van der Waals surface area contributed by atoms with Crippen LogP contribution >= 0.6 is 11.3 Å². The van der Waals surface area contributed by atoms with Crippen LogP contribution in [0.5, 0.6) is 5.75 Å². The van der Waals surface area contributed by atoms with Crippen LogP contribution in [0.4, 0.5) is 0 Å². The summed E-state index contributed by atoms with van der Waals surface area (Å²) in [7, 11) is 0. The van der Waals surface area contributed by atoms with Crippen molar-refractivity contribution in [1.29, 1.82) is 0 Å². The standard InChI is InChI=1S/C7H9OS/c1-2-4-8-7-3-5-9-6-7/h3,5H,2,4H2,1H3. The monoisotopic (exact) mass is 141 g/mol. The Bertz CT molecular complexity index is 146. The fourth-order valence-electron chi connectivity index (χ4n) is 0.512. The summed E-state index contributed by atoms with van der Waals surface area (Å²) in [4.78, 5) is 0. The molecule has 0 aliphatic carbocycles. The van der Waals surface area contributed by atoms with Gasteiger partial charge in [-0.3, -0.25) is 0 Å². The second-order valence-corrected chi connectivity index (χ2v) is 2.45. The highest BCUT2D eigenvalue weighted by atomic mass is 32.1. The van der Waals surface area contributed by atoms with Crippen LogP contribution in [-0.4, -0.2) is 6.61 Å². The van der Waals surface area contributed by atoms with Crippen molar-refractivity contribution in [3.63, 3.8) is 0 Å². The molecule has 1 rings (SSSR count). The van der Waals surface area contributed by atoms with Crippen molar-refractivity contribution in [3.05, 3.63) is 16.8 Å². The largest absolute Gasteiger partial charge is 0.492 e. The van der Waals surface area contributed by atoms with Crippen molar-refractivity contribution in [2.75, 3.05) is 6.61 Å². The Morgan fingerprint density at radius 2 is 2.67 bits per heavy atom. The summed E-state index contributed by atoms with van der Waals surface area (Å²) < 4.78 is 5.25. The van der Waals surface area contributed by atoms with Crippen molar-refractivity contribution in [2.24, 2.45) is 0 Å². The normalized spacial score (nSPS) is 9.44. The van der Waals surface area contributed by atoms with Crippen LogP contribution in [-0.2, 0) is 0 Å². The Kier molecular flexibility index (Phi) is 2.58. The highest BCUT2D eigenvalue weighted by molar-refractivity contribution is 7.07. The first-order valence-electron chi connectivity index (χ1n) is 3.01. The van der Waals surface area contributed by atoms with Gasteiger partial charge >= 0.3 is 0 Å². The Morgan fingerprint density at radius 1 is 1.78 bits per heavy atom. The van der Waals surface area contributed by atoms with E-state index in [1.165, 1.54) is 0 Å². The summed E-state index contributed by atoms with van der Waals surface area (Å²) in [5.41, 5.74) is 0. The summed E-state index contributed by atoms with van der Waals surface area (Å²) in [6.45, 7) is 2.89. The summed E-state index contributed by atoms with van der Waals surface area (Å²) in [6, 6.07) is 1.93. The SMILES string of the molecule is CCCOc1[c]scc1. The number of ether oxygens (including phenoxy) is 1. The van der Waals surface area contributed by atoms with Gasteiger partial charge in [0, 0.05) is 0 Å². The van der Waals surface area contributed by atoms with E-state index in [0.29, 0.717) is 0 Å². The lowest BCUT2D eigenvalue weighted by Gasteiger charge is -1.97. The lowest BCUT2D eigenvalue weighted by molar-refractivity contribution is 0.318. The second-order valence-electron chi connectivity index (χ2n) is 1.74. The molecule has 0 amide bonds. The molecule has 1 aromatic rings. The molecule has 0 unspecified atom stereocenters. The number of thiophene rings is 1. The van der Waals surface area contributed by atoms with Crippen LogP contribution in [0.25, 0.3) is 0 Å². The molecule has 0 bridgehead atoms. The molecule has 1 radical (unpaired) electrons. The summed E-state index contributed by atoms with van der Waals surface area (Å²) in [6.07, 6.45) is 1.06. The zero-order chi connectivity index (χ0) is 6.53. The fourth-order valence-corrected chi connectivity index (χ4v) is 1.01. The minimum absolute atomic E-state index is 0.799. The van der Waals surface area contributed by atoms with Crippen molar-refractivity contribution in [2.45, 2.75) is 13.3 Å². The van der Waals surface area contributed by atoms with Crippen LogP contribution in [0.2, 0.25) is 0 Å². The van der Waals surface area contributed by atoms with Crippen LogP contribution in [0.1, 0.15) is 13.3 Å². The van der Waals surface area contributed by atoms with Gasteiger partial charge in [-0.2, -0.15) is 0 Å². The Morgan fingerprint density at radius 3 is 3.22 bits per heavy atom. The van der Waals surface area contributed by atoms with Gasteiger partial charge in [-0.05, 0) is 17.9 Å². The highest BCUT2D eigenvalue weighted by Gasteiger charge is 1.89. The molecule has 0 aromatic carbocycles. The Balaban J connectivity index is 2.30. The predicted molar refractivity (Wildman–Crippen MR) is 38.9 cm³/mol. The van der Waals surface area contributed by atoms with Crippen LogP contribution in [0, 0.1) is 5.38 Å². The van der Waals surface area contributed by atoms with Crippen LogP contribution in [0.15, 0.2) is 11.4 Å². The van der Waals surface area contributed by atoms with E-state index in [-0.39, 0.29) is 0 Å². The molecule has 0 aliphatic heterocycles. The number of hydrogen-bond acceptors (Lipinski definition) is 2. The molecule has 1 aromatic heterocycles. The lowest BCUT2D eigenvalue weighted by Crippen LogP contribution is -1.92. The maximum atomic E-state index is 5.25. The summed E-state index contributed by atoms with van der Waals surface area (Å²) >= 11 is 1.54. The predicted octanol–water partition coefficient (Wildman–Crippen LogP) is 2.34. The van der Waals surface area contributed by atoms with Crippen molar-refractivity contribution in [1.82, 2.24) is 0 Å². The molecule has 1 heterocycles. The smallest absolute Gasteiger partial charge is 0.138 e. The molecule has 0 fully saturated rings. The van der Waals surface area contributed by atoms with Crippen molar-refractivity contribution < 1.29 is 4.74 Å².